The van der Waals surface area contributed by atoms with E-state index in [9.17, 15) is 0 Å². The van der Waals surface area contributed by atoms with E-state index in [-0.39, 0.29) is 0 Å². The number of nitrogens with one attached hydrogen (secondary N) is 1. The van der Waals surface area contributed by atoms with Crippen molar-refractivity contribution in [2.75, 3.05) is 17.3 Å². The Hall–Kier alpha value is -2.10. The largest absolute Gasteiger partial charge is 0.373 e. The van der Waals surface area contributed by atoms with Gasteiger partial charge in [-0.05, 0) is 38.3 Å². The Morgan fingerprint density at radius 3 is 2.90 bits per heavy atom. The first kappa shape index (κ1) is 13.9. The number of hydrogen-bond donors (Lipinski definition) is 1. The molecule has 3 rings (SSSR count). The van der Waals surface area contributed by atoms with Crippen LogP contribution in [0.5, 0.6) is 0 Å². The number of benzene rings is 1. The Bertz CT molecular complexity index is 638. The Kier molecular flexibility index (Phi) is 3.78. The lowest BCUT2D eigenvalue weighted by Gasteiger charge is -2.36. The lowest BCUT2D eigenvalue weighted by molar-refractivity contribution is 0.551. The van der Waals surface area contributed by atoms with Gasteiger partial charge in [-0.15, -0.1) is 0 Å². The lowest BCUT2D eigenvalue weighted by Crippen LogP contribution is -2.37. The fourth-order valence-corrected chi connectivity index (χ4v) is 2.98. The Labute approximate surface area is 126 Å². The number of rotatable bonds is 3. The van der Waals surface area contributed by atoms with Gasteiger partial charge in [0.1, 0.15) is 11.6 Å². The van der Waals surface area contributed by atoms with Crippen molar-refractivity contribution < 1.29 is 0 Å². The molecule has 0 aliphatic carbocycles. The highest BCUT2D eigenvalue weighted by atomic mass is 15.2. The van der Waals surface area contributed by atoms with E-state index in [2.05, 4.69) is 51.4 Å². The maximum atomic E-state index is 4.59. The normalized spacial score (nSPS) is 17.5. The zero-order chi connectivity index (χ0) is 14.8. The van der Waals surface area contributed by atoms with Crippen LogP contribution in [0.2, 0.25) is 0 Å². The molecule has 0 fully saturated rings. The molecule has 1 aromatic carbocycles. The summed E-state index contributed by atoms with van der Waals surface area (Å²) in [7, 11) is 1.89. The summed E-state index contributed by atoms with van der Waals surface area (Å²) < 4.78 is 0. The maximum Gasteiger partial charge on any atom is 0.150 e. The molecule has 0 amide bonds. The molecule has 0 saturated carbocycles. The summed E-state index contributed by atoms with van der Waals surface area (Å²) in [5.74, 6) is 1.76. The van der Waals surface area contributed by atoms with Gasteiger partial charge in [-0.25, -0.2) is 9.97 Å². The first-order chi connectivity index (χ1) is 10.2. The Morgan fingerprint density at radius 1 is 1.29 bits per heavy atom. The van der Waals surface area contributed by atoms with Gasteiger partial charge in [-0.3, -0.25) is 0 Å². The summed E-state index contributed by atoms with van der Waals surface area (Å²) >= 11 is 0. The molecule has 2 heterocycles. The van der Waals surface area contributed by atoms with Crippen molar-refractivity contribution >= 4 is 11.5 Å². The van der Waals surface area contributed by atoms with E-state index in [1.165, 1.54) is 17.7 Å². The SMILES string of the molecule is CNc1cc(C)nc(CN2c3ccccc3CCC2C)n1. The number of fused-ring (bicyclic) bond motifs is 1. The minimum absolute atomic E-state index is 0.516. The van der Waals surface area contributed by atoms with E-state index >= 15 is 0 Å². The molecule has 0 bridgehead atoms. The number of aryl methyl sites for hydroxylation is 2. The van der Waals surface area contributed by atoms with Crippen molar-refractivity contribution in [3.63, 3.8) is 0 Å². The van der Waals surface area contributed by atoms with Crippen LogP contribution in [-0.2, 0) is 13.0 Å². The standard InChI is InChI=1S/C17H22N4/c1-12-10-16(18-3)20-17(19-12)11-21-13(2)8-9-14-6-4-5-7-15(14)21/h4-7,10,13H,8-9,11H2,1-3H3,(H,18,19,20). The molecule has 1 N–H and O–H groups in total. The van der Waals surface area contributed by atoms with Gasteiger partial charge >= 0.3 is 0 Å². The van der Waals surface area contributed by atoms with Gasteiger partial charge in [0.2, 0.25) is 0 Å². The molecule has 4 nitrogen and oxygen atoms in total. The quantitative estimate of drug-likeness (QED) is 0.939. The summed E-state index contributed by atoms with van der Waals surface area (Å²) in [5, 5.41) is 3.11. The second-order valence-corrected chi connectivity index (χ2v) is 5.71. The molecule has 1 aliphatic heterocycles. The van der Waals surface area contributed by atoms with Crippen molar-refractivity contribution in [2.24, 2.45) is 0 Å². The minimum Gasteiger partial charge on any atom is -0.373 e. The first-order valence-electron chi connectivity index (χ1n) is 7.54. The van der Waals surface area contributed by atoms with Crippen molar-refractivity contribution in [3.05, 3.63) is 47.4 Å². The van der Waals surface area contributed by atoms with Gasteiger partial charge in [0.15, 0.2) is 0 Å². The van der Waals surface area contributed by atoms with E-state index < -0.39 is 0 Å². The molecule has 1 atom stereocenters. The van der Waals surface area contributed by atoms with Gasteiger partial charge in [-0.2, -0.15) is 0 Å². The third-order valence-electron chi connectivity index (χ3n) is 4.13. The average Bonchev–Trinajstić information content (AvgIpc) is 2.49. The van der Waals surface area contributed by atoms with Crippen LogP contribution in [0.3, 0.4) is 0 Å². The van der Waals surface area contributed by atoms with Crippen LogP contribution in [-0.4, -0.2) is 23.1 Å². The molecule has 1 unspecified atom stereocenters. The summed E-state index contributed by atoms with van der Waals surface area (Å²) in [4.78, 5) is 11.6. The Morgan fingerprint density at radius 2 is 2.10 bits per heavy atom. The number of hydrogen-bond acceptors (Lipinski definition) is 4. The van der Waals surface area contributed by atoms with Crippen LogP contribution in [0.4, 0.5) is 11.5 Å². The molecule has 0 spiro atoms. The van der Waals surface area contributed by atoms with Crippen LogP contribution in [0.25, 0.3) is 0 Å². The zero-order valence-corrected chi connectivity index (χ0v) is 12.9. The van der Waals surface area contributed by atoms with E-state index in [4.69, 9.17) is 0 Å². The number of anilines is 2. The van der Waals surface area contributed by atoms with Crippen molar-refractivity contribution in [3.8, 4) is 0 Å². The third-order valence-corrected chi connectivity index (χ3v) is 4.13. The van der Waals surface area contributed by atoms with Crippen LogP contribution in [0.1, 0.15) is 30.4 Å². The van der Waals surface area contributed by atoms with Gasteiger partial charge < -0.3 is 10.2 Å². The highest BCUT2D eigenvalue weighted by Gasteiger charge is 2.23. The second-order valence-electron chi connectivity index (χ2n) is 5.71. The molecule has 2 aromatic rings. The fourth-order valence-electron chi connectivity index (χ4n) is 2.98. The van der Waals surface area contributed by atoms with Gasteiger partial charge in [0.05, 0.1) is 6.54 Å². The number of para-hydroxylation sites is 1. The van der Waals surface area contributed by atoms with Crippen LogP contribution >= 0.6 is 0 Å². The molecule has 1 aliphatic rings. The topological polar surface area (TPSA) is 41.1 Å². The summed E-state index contributed by atoms with van der Waals surface area (Å²) in [6.45, 7) is 5.05. The maximum absolute atomic E-state index is 4.59. The predicted octanol–water partition coefficient (Wildman–Crippen LogP) is 3.17. The van der Waals surface area contributed by atoms with E-state index in [1.807, 2.05) is 20.0 Å². The van der Waals surface area contributed by atoms with Gasteiger partial charge in [0, 0.05) is 30.5 Å². The smallest absolute Gasteiger partial charge is 0.150 e. The van der Waals surface area contributed by atoms with Crippen molar-refractivity contribution in [1.29, 1.82) is 0 Å². The van der Waals surface area contributed by atoms with Gasteiger partial charge in [-0.1, -0.05) is 18.2 Å². The van der Waals surface area contributed by atoms with Crippen molar-refractivity contribution in [1.82, 2.24) is 9.97 Å². The molecular formula is C17H22N4. The lowest BCUT2D eigenvalue weighted by atomic mass is 9.96. The predicted molar refractivity (Wildman–Crippen MR) is 86.7 cm³/mol. The van der Waals surface area contributed by atoms with Crippen LogP contribution < -0.4 is 10.2 Å². The highest BCUT2D eigenvalue weighted by molar-refractivity contribution is 5.56. The monoisotopic (exact) mass is 282 g/mol. The summed E-state index contributed by atoms with van der Waals surface area (Å²) in [6, 6.07) is 11.2. The molecule has 0 radical (unpaired) electrons. The summed E-state index contributed by atoms with van der Waals surface area (Å²) in [5.41, 5.74) is 3.76. The van der Waals surface area contributed by atoms with E-state index in [0.29, 0.717) is 6.04 Å². The Balaban J connectivity index is 1.92. The van der Waals surface area contributed by atoms with Gasteiger partial charge in [0.25, 0.3) is 0 Å². The highest BCUT2D eigenvalue weighted by Crippen LogP contribution is 2.31. The molecule has 21 heavy (non-hydrogen) atoms. The molecule has 0 saturated heterocycles. The summed E-state index contributed by atoms with van der Waals surface area (Å²) in [6.07, 6.45) is 2.34. The average molecular weight is 282 g/mol. The fraction of sp³-hybridized carbons (Fsp3) is 0.412. The minimum atomic E-state index is 0.516. The van der Waals surface area contributed by atoms with E-state index in [0.717, 1.165) is 30.3 Å². The first-order valence-corrected chi connectivity index (χ1v) is 7.54. The second kappa shape index (κ2) is 5.72. The third kappa shape index (κ3) is 2.84. The zero-order valence-electron chi connectivity index (χ0n) is 12.9. The number of aromatic nitrogens is 2. The van der Waals surface area contributed by atoms with Crippen molar-refractivity contribution in [2.45, 2.75) is 39.3 Å². The van der Waals surface area contributed by atoms with Crippen LogP contribution in [0.15, 0.2) is 30.3 Å². The molecule has 110 valence electrons. The molecular weight excluding hydrogens is 260 g/mol. The van der Waals surface area contributed by atoms with E-state index in [1.54, 1.807) is 0 Å². The number of nitrogens with zero attached hydrogens (tertiary/aromatic N) is 3. The molecule has 1 aromatic heterocycles. The molecule has 4 heteroatoms. The van der Waals surface area contributed by atoms with Crippen LogP contribution in [0, 0.1) is 6.92 Å².